The van der Waals surface area contributed by atoms with Gasteiger partial charge in [0.25, 0.3) is 5.91 Å². The van der Waals surface area contributed by atoms with Crippen LogP contribution in [0.25, 0.3) is 22.0 Å². The average molecular weight is 493 g/mol. The fourth-order valence-corrected chi connectivity index (χ4v) is 6.18. The summed E-state index contributed by atoms with van der Waals surface area (Å²) in [6, 6.07) is 6.16. The number of hydrogen-bond acceptors (Lipinski definition) is 5. The third-order valence-corrected chi connectivity index (χ3v) is 8.38. The largest absolute Gasteiger partial charge is 0.376 e. The van der Waals surface area contributed by atoms with Crippen LogP contribution in [0, 0.1) is 12.8 Å². The second-order valence-corrected chi connectivity index (χ2v) is 10.8. The summed E-state index contributed by atoms with van der Waals surface area (Å²) in [5.74, 6) is 0.633. The maximum Gasteiger partial charge on any atom is 0.253 e. The van der Waals surface area contributed by atoms with Gasteiger partial charge in [0.15, 0.2) is 0 Å². The molecule has 2 aliphatic rings. The Balaban J connectivity index is 1.42. The predicted molar refractivity (Wildman–Crippen MR) is 141 cm³/mol. The molecule has 2 fully saturated rings. The first kappa shape index (κ1) is 24.2. The number of aryl methyl sites for hydroxylation is 1. The minimum absolute atomic E-state index is 0.0255. The highest BCUT2D eigenvalue weighted by molar-refractivity contribution is 7.13. The zero-order valence-electron chi connectivity index (χ0n) is 20.9. The lowest BCUT2D eigenvalue weighted by atomic mass is 9.89. The quantitative estimate of drug-likeness (QED) is 0.417. The van der Waals surface area contributed by atoms with Crippen molar-refractivity contribution in [2.45, 2.75) is 77.9 Å². The van der Waals surface area contributed by atoms with Crippen molar-refractivity contribution in [2.24, 2.45) is 5.92 Å². The Labute approximate surface area is 212 Å². The van der Waals surface area contributed by atoms with Gasteiger partial charge in [0.2, 0.25) is 0 Å². The lowest BCUT2D eigenvalue weighted by Crippen LogP contribution is -2.30. The molecule has 1 unspecified atom stereocenters. The second-order valence-electron chi connectivity index (χ2n) is 9.92. The van der Waals surface area contributed by atoms with Crippen LogP contribution in [-0.2, 0) is 17.7 Å². The van der Waals surface area contributed by atoms with Crippen LogP contribution in [-0.4, -0.2) is 39.7 Å². The van der Waals surface area contributed by atoms with E-state index in [2.05, 4.69) is 40.2 Å². The zero-order valence-corrected chi connectivity index (χ0v) is 21.7. The van der Waals surface area contributed by atoms with Gasteiger partial charge in [-0.3, -0.25) is 9.78 Å². The van der Waals surface area contributed by atoms with E-state index in [1.807, 2.05) is 18.3 Å². The van der Waals surface area contributed by atoms with Gasteiger partial charge < -0.3 is 14.6 Å². The Bertz CT molecular complexity index is 1160. The summed E-state index contributed by atoms with van der Waals surface area (Å²) in [6.07, 6.45) is 11.4. The van der Waals surface area contributed by atoms with Crippen LogP contribution in [0.15, 0.2) is 29.8 Å². The van der Waals surface area contributed by atoms with Crippen LogP contribution in [0.4, 0.5) is 0 Å². The molecule has 0 spiro atoms. The lowest BCUT2D eigenvalue weighted by molar-refractivity contribution is 0.0933. The maximum atomic E-state index is 13.3. The molecule has 7 heteroatoms. The average Bonchev–Trinajstić information content (AvgIpc) is 3.65. The van der Waals surface area contributed by atoms with Gasteiger partial charge in [-0.2, -0.15) is 0 Å². The van der Waals surface area contributed by atoms with Crippen molar-refractivity contribution in [3.8, 4) is 22.0 Å². The Kier molecular flexibility index (Phi) is 7.63. The fourth-order valence-electron chi connectivity index (χ4n) is 5.37. The summed E-state index contributed by atoms with van der Waals surface area (Å²) in [7, 11) is 0. The van der Waals surface area contributed by atoms with E-state index in [0.29, 0.717) is 5.92 Å². The minimum atomic E-state index is 0.0255. The topological polar surface area (TPSA) is 69.0 Å². The van der Waals surface area contributed by atoms with E-state index in [1.54, 1.807) is 11.3 Å². The van der Waals surface area contributed by atoms with Crippen LogP contribution in [0.1, 0.15) is 73.6 Å². The first-order valence-electron chi connectivity index (χ1n) is 13.1. The molecule has 5 rings (SSSR count). The minimum Gasteiger partial charge on any atom is -0.376 e. The number of carbonyl (C=O) groups excluding carboxylic acids is 1. The monoisotopic (exact) mass is 492 g/mol. The Morgan fingerprint density at radius 3 is 2.83 bits per heavy atom. The van der Waals surface area contributed by atoms with E-state index in [9.17, 15) is 4.79 Å². The second kappa shape index (κ2) is 11.0. The maximum absolute atomic E-state index is 13.3. The molecule has 1 aliphatic heterocycles. The molecule has 1 saturated heterocycles. The smallest absolute Gasteiger partial charge is 0.253 e. The van der Waals surface area contributed by atoms with Gasteiger partial charge in [0.1, 0.15) is 5.01 Å². The number of amides is 1. The molecule has 186 valence electrons. The molecule has 0 bridgehead atoms. The fraction of sp³-hybridized carbons (Fsp3) is 0.536. The van der Waals surface area contributed by atoms with Crippen LogP contribution < -0.4 is 5.32 Å². The normalized spacial score (nSPS) is 18.7. The van der Waals surface area contributed by atoms with E-state index in [-0.39, 0.29) is 12.0 Å². The molecule has 1 saturated carbocycles. The van der Waals surface area contributed by atoms with Gasteiger partial charge in [0, 0.05) is 48.2 Å². The van der Waals surface area contributed by atoms with Crippen molar-refractivity contribution in [2.75, 3.05) is 13.2 Å². The Morgan fingerprint density at radius 2 is 2.06 bits per heavy atom. The first-order chi connectivity index (χ1) is 17.1. The van der Waals surface area contributed by atoms with Crippen molar-refractivity contribution >= 4 is 17.2 Å². The van der Waals surface area contributed by atoms with E-state index in [1.165, 1.54) is 32.1 Å². The van der Waals surface area contributed by atoms with Crippen molar-refractivity contribution in [3.05, 3.63) is 46.7 Å². The highest BCUT2D eigenvalue weighted by Crippen LogP contribution is 2.33. The summed E-state index contributed by atoms with van der Waals surface area (Å²) >= 11 is 1.64. The summed E-state index contributed by atoms with van der Waals surface area (Å²) in [6.45, 7) is 6.50. The van der Waals surface area contributed by atoms with Crippen LogP contribution in [0.5, 0.6) is 0 Å². The van der Waals surface area contributed by atoms with Gasteiger partial charge in [-0.05, 0) is 63.1 Å². The first-order valence-corrected chi connectivity index (χ1v) is 14.0. The van der Waals surface area contributed by atoms with E-state index < -0.39 is 0 Å². The Hall–Kier alpha value is -2.51. The van der Waals surface area contributed by atoms with Crippen molar-refractivity contribution in [1.82, 2.24) is 19.9 Å². The molecule has 1 N–H and O–H groups in total. The van der Waals surface area contributed by atoms with Crippen molar-refractivity contribution < 1.29 is 9.53 Å². The van der Waals surface area contributed by atoms with Gasteiger partial charge in [-0.1, -0.05) is 26.2 Å². The number of ether oxygens (including phenoxy) is 1. The molecule has 3 aromatic heterocycles. The van der Waals surface area contributed by atoms with Crippen LogP contribution >= 0.6 is 11.3 Å². The molecule has 35 heavy (non-hydrogen) atoms. The number of pyridine rings is 1. The molecular formula is C28H36N4O2S. The van der Waals surface area contributed by atoms with Gasteiger partial charge >= 0.3 is 0 Å². The molecular weight excluding hydrogens is 456 g/mol. The van der Waals surface area contributed by atoms with E-state index in [4.69, 9.17) is 9.72 Å². The number of carbonyl (C=O) groups is 1. The van der Waals surface area contributed by atoms with Crippen LogP contribution in [0.2, 0.25) is 0 Å². The third kappa shape index (κ3) is 5.51. The Morgan fingerprint density at radius 1 is 1.20 bits per heavy atom. The van der Waals surface area contributed by atoms with Crippen molar-refractivity contribution in [1.29, 1.82) is 0 Å². The number of thiazole rings is 1. The summed E-state index contributed by atoms with van der Waals surface area (Å²) in [5.41, 5.74) is 5.80. The summed E-state index contributed by atoms with van der Waals surface area (Å²) < 4.78 is 8.20. The predicted octanol–water partition coefficient (Wildman–Crippen LogP) is 6.03. The molecule has 1 amide bonds. The lowest BCUT2D eigenvalue weighted by Gasteiger charge is -2.21. The summed E-state index contributed by atoms with van der Waals surface area (Å²) in [4.78, 5) is 22.7. The SMILES string of the molecule is CCc1cc(-c2nc(-c3cc(C(=O)NCC4CCCCC4)c(C)n3CC3CCCO3)cs2)ccn1. The number of hydrogen-bond donors (Lipinski definition) is 1. The molecule has 0 aromatic carbocycles. The molecule has 1 atom stereocenters. The summed E-state index contributed by atoms with van der Waals surface area (Å²) in [5, 5.41) is 6.31. The molecule has 4 heterocycles. The van der Waals surface area contributed by atoms with E-state index >= 15 is 0 Å². The number of rotatable bonds is 8. The molecule has 1 aliphatic carbocycles. The number of aromatic nitrogens is 3. The standard InChI is InChI=1S/C28H36N4O2S/c1-3-22-14-21(11-12-29-22)28-31-25(18-35-28)26-15-24(19(2)32(26)17-23-10-7-13-34-23)27(33)30-16-20-8-5-4-6-9-20/h11-12,14-15,18,20,23H,3-10,13,16-17H2,1-2H3,(H,30,33). The van der Waals surface area contributed by atoms with Gasteiger partial charge in [-0.15, -0.1) is 11.3 Å². The third-order valence-electron chi connectivity index (χ3n) is 7.49. The molecule has 3 aromatic rings. The number of nitrogens with zero attached hydrogens (tertiary/aromatic N) is 3. The molecule has 6 nitrogen and oxygen atoms in total. The highest BCUT2D eigenvalue weighted by atomic mass is 32.1. The van der Waals surface area contributed by atoms with Gasteiger partial charge in [-0.25, -0.2) is 4.98 Å². The highest BCUT2D eigenvalue weighted by Gasteiger charge is 2.25. The number of nitrogens with one attached hydrogen (secondary N) is 1. The van der Waals surface area contributed by atoms with E-state index in [0.717, 1.165) is 77.9 Å². The van der Waals surface area contributed by atoms with Gasteiger partial charge in [0.05, 0.1) is 23.1 Å². The molecule has 0 radical (unpaired) electrons. The zero-order chi connectivity index (χ0) is 24.2. The van der Waals surface area contributed by atoms with Crippen molar-refractivity contribution in [3.63, 3.8) is 0 Å². The van der Waals surface area contributed by atoms with Crippen LogP contribution in [0.3, 0.4) is 0 Å².